The minimum Gasteiger partial charge on any atom is -0.481 e. The Hall–Kier alpha value is -1.84. The van der Waals surface area contributed by atoms with Crippen molar-refractivity contribution >= 4 is 17.8 Å². The van der Waals surface area contributed by atoms with Crippen molar-refractivity contribution < 1.29 is 19.1 Å². The van der Waals surface area contributed by atoms with Gasteiger partial charge in [0.05, 0.1) is 6.26 Å². The lowest BCUT2D eigenvalue weighted by atomic mass is 9.63. The number of carboxylic acids is 1. The van der Waals surface area contributed by atoms with Crippen LogP contribution in [0.15, 0.2) is 28.4 Å². The van der Waals surface area contributed by atoms with Gasteiger partial charge in [-0.05, 0) is 25.1 Å². The molecule has 84 valence electrons. The standard InChI is InChI=1S/C12H12O4/c1-8(5-10-3-2-4-16-10)12(11(14)15)6-9(13)7-12/h2-5H,6-7H2,1H3,(H,14,15)/b8-5-. The van der Waals surface area contributed by atoms with E-state index in [0.717, 1.165) is 0 Å². The Morgan fingerprint density at radius 3 is 2.69 bits per heavy atom. The van der Waals surface area contributed by atoms with E-state index in [9.17, 15) is 14.7 Å². The highest BCUT2D eigenvalue weighted by Gasteiger charge is 2.51. The molecule has 0 atom stereocenters. The molecule has 1 N–H and O–H groups in total. The summed E-state index contributed by atoms with van der Waals surface area (Å²) in [4.78, 5) is 22.2. The molecule has 1 aromatic heterocycles. The molecule has 1 aromatic rings. The molecule has 0 radical (unpaired) electrons. The van der Waals surface area contributed by atoms with Gasteiger partial charge in [0.25, 0.3) is 0 Å². The maximum Gasteiger partial charge on any atom is 0.314 e. The average Bonchev–Trinajstić information content (AvgIpc) is 2.64. The van der Waals surface area contributed by atoms with Crippen LogP contribution >= 0.6 is 0 Å². The van der Waals surface area contributed by atoms with Crippen LogP contribution in [-0.4, -0.2) is 16.9 Å². The number of carboxylic acid groups (broad SMARTS) is 1. The van der Waals surface area contributed by atoms with Gasteiger partial charge in [-0.2, -0.15) is 0 Å². The lowest BCUT2D eigenvalue weighted by Crippen LogP contribution is -2.45. The molecule has 0 saturated heterocycles. The fraction of sp³-hybridized carbons (Fsp3) is 0.333. The van der Waals surface area contributed by atoms with Crippen molar-refractivity contribution in [1.82, 2.24) is 0 Å². The summed E-state index contributed by atoms with van der Waals surface area (Å²) in [5.74, 6) is -0.334. The Morgan fingerprint density at radius 1 is 1.56 bits per heavy atom. The molecule has 0 aliphatic heterocycles. The van der Waals surface area contributed by atoms with E-state index >= 15 is 0 Å². The molecular weight excluding hydrogens is 208 g/mol. The van der Waals surface area contributed by atoms with Gasteiger partial charge in [-0.1, -0.05) is 5.57 Å². The van der Waals surface area contributed by atoms with Crippen LogP contribution in [0.25, 0.3) is 6.08 Å². The van der Waals surface area contributed by atoms with Crippen LogP contribution in [0.2, 0.25) is 0 Å². The van der Waals surface area contributed by atoms with Gasteiger partial charge in [0.1, 0.15) is 17.0 Å². The number of furan rings is 1. The Bertz CT molecular complexity index is 445. The smallest absolute Gasteiger partial charge is 0.314 e. The second-order valence-electron chi connectivity index (χ2n) is 4.12. The van der Waals surface area contributed by atoms with Crippen LogP contribution in [0.1, 0.15) is 25.5 Å². The van der Waals surface area contributed by atoms with Crippen molar-refractivity contribution in [2.24, 2.45) is 5.41 Å². The van der Waals surface area contributed by atoms with E-state index in [1.807, 2.05) is 0 Å². The Labute approximate surface area is 92.6 Å². The van der Waals surface area contributed by atoms with Crippen molar-refractivity contribution in [3.05, 3.63) is 29.7 Å². The van der Waals surface area contributed by atoms with Gasteiger partial charge in [0.2, 0.25) is 0 Å². The normalized spacial score (nSPS) is 19.3. The van der Waals surface area contributed by atoms with Gasteiger partial charge in [-0.15, -0.1) is 0 Å². The number of hydrogen-bond acceptors (Lipinski definition) is 3. The molecule has 0 spiro atoms. The van der Waals surface area contributed by atoms with E-state index in [-0.39, 0.29) is 18.6 Å². The zero-order valence-electron chi connectivity index (χ0n) is 8.90. The average molecular weight is 220 g/mol. The molecule has 0 bridgehead atoms. The first-order valence-electron chi connectivity index (χ1n) is 5.02. The molecular formula is C12H12O4. The highest BCUT2D eigenvalue weighted by molar-refractivity contribution is 6.00. The van der Waals surface area contributed by atoms with Gasteiger partial charge in [-0.25, -0.2) is 0 Å². The maximum atomic E-state index is 11.2. The van der Waals surface area contributed by atoms with E-state index in [1.165, 1.54) is 6.26 Å². The summed E-state index contributed by atoms with van der Waals surface area (Å²) in [6.07, 6.45) is 3.38. The minimum atomic E-state index is -1.01. The van der Waals surface area contributed by atoms with Gasteiger partial charge in [0.15, 0.2) is 0 Å². The number of aliphatic carboxylic acids is 1. The Balaban J connectivity index is 2.29. The minimum absolute atomic E-state index is 0.00500. The van der Waals surface area contributed by atoms with Gasteiger partial charge in [0, 0.05) is 12.8 Å². The second kappa shape index (κ2) is 3.63. The molecule has 16 heavy (non-hydrogen) atoms. The first kappa shape index (κ1) is 10.7. The quantitative estimate of drug-likeness (QED) is 0.847. The van der Waals surface area contributed by atoms with E-state index in [4.69, 9.17) is 4.42 Å². The van der Waals surface area contributed by atoms with E-state index in [1.54, 1.807) is 25.1 Å². The number of Topliss-reactive ketones (excluding diaryl/α,β-unsaturated/α-hetero) is 1. The monoisotopic (exact) mass is 220 g/mol. The fourth-order valence-electron chi connectivity index (χ4n) is 1.95. The summed E-state index contributed by atoms with van der Waals surface area (Å²) in [5.41, 5.74) is -0.348. The maximum absolute atomic E-state index is 11.2. The van der Waals surface area contributed by atoms with Crippen LogP contribution in [0.4, 0.5) is 0 Å². The summed E-state index contributed by atoms with van der Waals surface area (Å²) < 4.78 is 5.12. The topological polar surface area (TPSA) is 67.5 Å². The van der Waals surface area contributed by atoms with Crippen molar-refractivity contribution in [1.29, 1.82) is 0 Å². The molecule has 1 aliphatic rings. The Morgan fingerprint density at radius 2 is 2.25 bits per heavy atom. The Kier molecular flexibility index (Phi) is 2.42. The molecule has 0 unspecified atom stereocenters. The molecule has 4 nitrogen and oxygen atoms in total. The summed E-state index contributed by atoms with van der Waals surface area (Å²) in [7, 11) is 0. The zero-order valence-corrected chi connectivity index (χ0v) is 8.90. The van der Waals surface area contributed by atoms with Crippen molar-refractivity contribution in [3.63, 3.8) is 0 Å². The number of carbonyl (C=O) groups excluding carboxylic acids is 1. The molecule has 2 rings (SSSR count). The molecule has 1 fully saturated rings. The summed E-state index contributed by atoms with van der Waals surface area (Å²) >= 11 is 0. The third kappa shape index (κ3) is 1.56. The van der Waals surface area contributed by atoms with Crippen LogP contribution in [0.3, 0.4) is 0 Å². The van der Waals surface area contributed by atoms with Gasteiger partial charge < -0.3 is 9.52 Å². The van der Waals surface area contributed by atoms with Crippen LogP contribution in [0, 0.1) is 5.41 Å². The van der Waals surface area contributed by atoms with E-state index in [0.29, 0.717) is 11.3 Å². The summed E-state index contributed by atoms with van der Waals surface area (Å²) in [6, 6.07) is 3.48. The molecule has 1 saturated carbocycles. The second-order valence-corrected chi connectivity index (χ2v) is 4.12. The third-order valence-electron chi connectivity index (χ3n) is 3.06. The zero-order chi connectivity index (χ0) is 11.8. The highest BCUT2D eigenvalue weighted by atomic mass is 16.4. The number of ketones is 1. The van der Waals surface area contributed by atoms with Gasteiger partial charge in [-0.3, -0.25) is 9.59 Å². The summed E-state index contributed by atoms with van der Waals surface area (Å²) in [6.45, 7) is 1.73. The molecule has 0 amide bonds. The van der Waals surface area contributed by atoms with Gasteiger partial charge >= 0.3 is 5.97 Å². The van der Waals surface area contributed by atoms with Crippen molar-refractivity contribution in [2.45, 2.75) is 19.8 Å². The number of carbonyl (C=O) groups is 2. The predicted octanol–water partition coefficient (Wildman–Crippen LogP) is 2.12. The summed E-state index contributed by atoms with van der Waals surface area (Å²) in [5, 5.41) is 9.18. The lowest BCUT2D eigenvalue weighted by molar-refractivity contribution is -0.157. The van der Waals surface area contributed by atoms with E-state index in [2.05, 4.69) is 0 Å². The van der Waals surface area contributed by atoms with Crippen molar-refractivity contribution in [2.75, 3.05) is 0 Å². The number of rotatable bonds is 3. The SMILES string of the molecule is C/C(=C/c1ccco1)C1(C(=O)O)CC(=O)C1. The van der Waals surface area contributed by atoms with Crippen LogP contribution in [0.5, 0.6) is 0 Å². The lowest BCUT2D eigenvalue weighted by Gasteiger charge is -2.37. The van der Waals surface area contributed by atoms with E-state index < -0.39 is 11.4 Å². The van der Waals surface area contributed by atoms with Crippen molar-refractivity contribution in [3.8, 4) is 0 Å². The number of hydrogen-bond donors (Lipinski definition) is 1. The highest BCUT2D eigenvalue weighted by Crippen LogP contribution is 2.45. The molecule has 0 aromatic carbocycles. The van der Waals surface area contributed by atoms with Crippen LogP contribution in [-0.2, 0) is 9.59 Å². The third-order valence-corrected chi connectivity index (χ3v) is 3.06. The van der Waals surface area contributed by atoms with Crippen LogP contribution < -0.4 is 0 Å². The predicted molar refractivity (Wildman–Crippen MR) is 56.7 cm³/mol. The first-order valence-corrected chi connectivity index (χ1v) is 5.02. The fourth-order valence-corrected chi connectivity index (χ4v) is 1.95. The molecule has 1 aliphatic carbocycles. The molecule has 4 heteroatoms. The molecule has 1 heterocycles. The largest absolute Gasteiger partial charge is 0.481 e. The first-order chi connectivity index (χ1) is 7.54.